The zero-order chi connectivity index (χ0) is 13.1. The van der Waals surface area contributed by atoms with Gasteiger partial charge >= 0.3 is 0 Å². The molecule has 2 heterocycles. The Bertz CT molecular complexity index is 566. The number of nitrogens with zero attached hydrogens (tertiary/aromatic N) is 2. The third kappa shape index (κ3) is 2.61. The largest absolute Gasteiger partial charge is 0.469 e. The number of rotatable bonds is 3. The Kier molecular flexibility index (Phi) is 3.81. The number of carbonyl (C=O) groups is 1. The number of hydrogen-bond donors (Lipinski definition) is 0. The van der Waals surface area contributed by atoms with Crippen molar-refractivity contribution in [2.24, 2.45) is 0 Å². The topological polar surface area (TPSA) is 46.3 Å². The molecule has 2 aromatic rings. The summed E-state index contributed by atoms with van der Waals surface area (Å²) in [6.07, 6.45) is 3.23. The maximum absolute atomic E-state index is 12.2. The third-order valence-electron chi connectivity index (χ3n) is 2.68. The van der Waals surface area contributed by atoms with Crippen LogP contribution in [-0.2, 0) is 6.54 Å². The van der Waals surface area contributed by atoms with E-state index in [0.29, 0.717) is 16.7 Å². The quantitative estimate of drug-likeness (QED) is 0.875. The van der Waals surface area contributed by atoms with Gasteiger partial charge in [0.25, 0.3) is 5.91 Å². The molecule has 94 valence electrons. The molecule has 2 aromatic heterocycles. The van der Waals surface area contributed by atoms with Crippen LogP contribution in [-0.4, -0.2) is 22.8 Å². The van der Waals surface area contributed by atoms with Gasteiger partial charge < -0.3 is 9.32 Å². The first-order valence-electron chi connectivity index (χ1n) is 5.48. The fourth-order valence-corrected chi connectivity index (χ4v) is 2.05. The van der Waals surface area contributed by atoms with Gasteiger partial charge in [-0.25, -0.2) is 4.98 Å². The van der Waals surface area contributed by atoms with Crippen molar-refractivity contribution in [1.29, 1.82) is 0 Å². The Hall–Kier alpha value is -1.62. The van der Waals surface area contributed by atoms with Crippen molar-refractivity contribution in [2.75, 3.05) is 7.05 Å². The van der Waals surface area contributed by atoms with E-state index in [-0.39, 0.29) is 5.91 Å². The number of amides is 1. The first-order chi connectivity index (χ1) is 8.59. The minimum Gasteiger partial charge on any atom is -0.469 e. The summed E-state index contributed by atoms with van der Waals surface area (Å²) in [5, 5.41) is 0. The van der Waals surface area contributed by atoms with Gasteiger partial charge in [0.1, 0.15) is 11.5 Å². The number of carbonyl (C=O) groups excluding carboxylic acids is 1. The average molecular weight is 309 g/mol. The monoisotopic (exact) mass is 308 g/mol. The average Bonchev–Trinajstić information content (AvgIpc) is 2.75. The molecule has 0 spiro atoms. The van der Waals surface area contributed by atoms with Gasteiger partial charge in [-0.05, 0) is 41.1 Å². The molecule has 0 saturated heterocycles. The van der Waals surface area contributed by atoms with Crippen molar-refractivity contribution in [3.63, 3.8) is 0 Å². The van der Waals surface area contributed by atoms with Crippen LogP contribution in [0.1, 0.15) is 21.8 Å². The van der Waals surface area contributed by atoms with E-state index in [1.54, 1.807) is 36.5 Å². The molecule has 0 aromatic carbocycles. The first kappa shape index (κ1) is 12.8. The molecule has 0 saturated carbocycles. The van der Waals surface area contributed by atoms with E-state index in [2.05, 4.69) is 20.9 Å². The van der Waals surface area contributed by atoms with Crippen LogP contribution in [0.3, 0.4) is 0 Å². The van der Waals surface area contributed by atoms with Gasteiger partial charge in [-0.2, -0.15) is 0 Å². The highest BCUT2D eigenvalue weighted by Crippen LogP contribution is 2.17. The van der Waals surface area contributed by atoms with Crippen LogP contribution in [0, 0.1) is 6.92 Å². The number of aromatic nitrogens is 1. The molecule has 0 bridgehead atoms. The van der Waals surface area contributed by atoms with Crippen LogP contribution >= 0.6 is 15.9 Å². The Morgan fingerprint density at radius 1 is 1.50 bits per heavy atom. The zero-order valence-corrected chi connectivity index (χ0v) is 11.8. The lowest BCUT2D eigenvalue weighted by Crippen LogP contribution is -2.27. The minimum absolute atomic E-state index is 0.122. The van der Waals surface area contributed by atoms with E-state index in [9.17, 15) is 4.79 Å². The lowest BCUT2D eigenvalue weighted by atomic mass is 10.2. The summed E-state index contributed by atoms with van der Waals surface area (Å²) in [6.45, 7) is 2.38. The standard InChI is InChI=1S/C13H13BrN2O2/c1-9-10(5-7-18-9)8-16(2)13(17)12-11(14)4-3-6-15-12/h3-7H,8H2,1-2H3. The van der Waals surface area contributed by atoms with Crippen molar-refractivity contribution in [1.82, 2.24) is 9.88 Å². The van der Waals surface area contributed by atoms with Gasteiger partial charge in [0, 0.05) is 29.8 Å². The van der Waals surface area contributed by atoms with Gasteiger partial charge in [-0.15, -0.1) is 0 Å². The van der Waals surface area contributed by atoms with Crippen LogP contribution in [0.4, 0.5) is 0 Å². The fourth-order valence-electron chi connectivity index (χ4n) is 1.63. The fraction of sp³-hybridized carbons (Fsp3) is 0.231. The summed E-state index contributed by atoms with van der Waals surface area (Å²) in [7, 11) is 1.75. The number of hydrogen-bond acceptors (Lipinski definition) is 3. The van der Waals surface area contributed by atoms with Gasteiger partial charge in [0.15, 0.2) is 0 Å². The molecule has 0 aliphatic heterocycles. The number of pyridine rings is 1. The van der Waals surface area contributed by atoms with Gasteiger partial charge in [-0.3, -0.25) is 4.79 Å². The molecule has 0 aliphatic carbocycles. The van der Waals surface area contributed by atoms with Crippen molar-refractivity contribution >= 4 is 21.8 Å². The normalized spacial score (nSPS) is 10.4. The molecular weight excluding hydrogens is 296 g/mol. The Balaban J connectivity index is 2.15. The molecule has 4 nitrogen and oxygen atoms in total. The van der Waals surface area contributed by atoms with E-state index in [1.165, 1.54) is 0 Å². The molecule has 0 unspecified atom stereocenters. The maximum atomic E-state index is 12.2. The molecule has 0 N–H and O–H groups in total. The second-order valence-corrected chi connectivity index (χ2v) is 4.85. The van der Waals surface area contributed by atoms with E-state index >= 15 is 0 Å². The lowest BCUT2D eigenvalue weighted by molar-refractivity contribution is 0.0778. The second kappa shape index (κ2) is 5.35. The molecule has 0 aliphatic rings. The highest BCUT2D eigenvalue weighted by molar-refractivity contribution is 9.10. The van der Waals surface area contributed by atoms with Crippen molar-refractivity contribution < 1.29 is 9.21 Å². The molecule has 0 atom stereocenters. The maximum Gasteiger partial charge on any atom is 0.273 e. The third-order valence-corrected chi connectivity index (χ3v) is 3.32. The van der Waals surface area contributed by atoms with E-state index in [1.807, 2.05) is 13.0 Å². The van der Waals surface area contributed by atoms with Gasteiger partial charge in [-0.1, -0.05) is 0 Å². The van der Waals surface area contributed by atoms with Crippen molar-refractivity contribution in [2.45, 2.75) is 13.5 Å². The molecular formula is C13H13BrN2O2. The second-order valence-electron chi connectivity index (χ2n) is 4.00. The minimum atomic E-state index is -0.122. The summed E-state index contributed by atoms with van der Waals surface area (Å²) in [6, 6.07) is 5.45. The Labute approximate surface area is 114 Å². The number of halogens is 1. The zero-order valence-electron chi connectivity index (χ0n) is 10.2. The van der Waals surface area contributed by atoms with Crippen molar-refractivity contribution in [3.8, 4) is 0 Å². The molecule has 0 radical (unpaired) electrons. The summed E-state index contributed by atoms with van der Waals surface area (Å²) in [5.41, 5.74) is 1.42. The smallest absolute Gasteiger partial charge is 0.273 e. The molecule has 5 heteroatoms. The number of aryl methyl sites for hydroxylation is 1. The summed E-state index contributed by atoms with van der Waals surface area (Å²) >= 11 is 3.33. The van der Waals surface area contributed by atoms with Crippen LogP contribution < -0.4 is 0 Å². The van der Waals surface area contributed by atoms with Gasteiger partial charge in [0.05, 0.1) is 6.26 Å². The van der Waals surface area contributed by atoms with E-state index in [4.69, 9.17) is 4.42 Å². The summed E-state index contributed by atoms with van der Waals surface area (Å²) in [4.78, 5) is 17.9. The van der Waals surface area contributed by atoms with Crippen LogP contribution in [0.2, 0.25) is 0 Å². The van der Waals surface area contributed by atoms with Crippen LogP contribution in [0.15, 0.2) is 39.5 Å². The van der Waals surface area contributed by atoms with E-state index in [0.717, 1.165) is 11.3 Å². The summed E-state index contributed by atoms with van der Waals surface area (Å²) in [5.74, 6) is 0.706. The van der Waals surface area contributed by atoms with Crippen LogP contribution in [0.25, 0.3) is 0 Å². The molecule has 1 amide bonds. The van der Waals surface area contributed by atoms with Crippen molar-refractivity contribution in [3.05, 3.63) is 52.1 Å². The van der Waals surface area contributed by atoms with Gasteiger partial charge in [0.2, 0.25) is 0 Å². The highest BCUT2D eigenvalue weighted by Gasteiger charge is 2.17. The highest BCUT2D eigenvalue weighted by atomic mass is 79.9. The molecule has 18 heavy (non-hydrogen) atoms. The number of furan rings is 1. The van der Waals surface area contributed by atoms with E-state index < -0.39 is 0 Å². The molecule has 0 fully saturated rings. The lowest BCUT2D eigenvalue weighted by Gasteiger charge is -2.16. The first-order valence-corrected chi connectivity index (χ1v) is 6.28. The predicted molar refractivity (Wildman–Crippen MR) is 71.2 cm³/mol. The molecule has 2 rings (SSSR count). The predicted octanol–water partition coefficient (Wildman–Crippen LogP) is 3.02. The summed E-state index contributed by atoms with van der Waals surface area (Å²) < 4.78 is 5.91. The van der Waals surface area contributed by atoms with Crippen LogP contribution in [0.5, 0.6) is 0 Å². The SMILES string of the molecule is Cc1occc1CN(C)C(=O)c1ncccc1Br. The Morgan fingerprint density at radius 3 is 2.89 bits per heavy atom. The Morgan fingerprint density at radius 2 is 2.28 bits per heavy atom.